The largest absolute Gasteiger partial charge is 0.356 e. The molecule has 23 heavy (non-hydrogen) atoms. The molecular formula is C20H26N2S. The molecule has 0 bridgehead atoms. The van der Waals surface area contributed by atoms with Gasteiger partial charge in [0.2, 0.25) is 0 Å². The quantitative estimate of drug-likeness (QED) is 0.735. The zero-order valence-electron chi connectivity index (χ0n) is 14.4. The molecular weight excluding hydrogens is 300 g/mol. The summed E-state index contributed by atoms with van der Waals surface area (Å²) in [6.07, 6.45) is 1.12. The first-order valence-corrected chi connectivity index (χ1v) is 8.58. The van der Waals surface area contributed by atoms with Gasteiger partial charge in [0.1, 0.15) is 0 Å². The third kappa shape index (κ3) is 5.68. The lowest BCUT2D eigenvalue weighted by Gasteiger charge is -2.18. The fourth-order valence-corrected chi connectivity index (χ4v) is 2.88. The van der Waals surface area contributed by atoms with Crippen LogP contribution in [0.4, 0.5) is 5.69 Å². The third-order valence-electron chi connectivity index (χ3n) is 3.75. The predicted octanol–water partition coefficient (Wildman–Crippen LogP) is 5.24. The summed E-state index contributed by atoms with van der Waals surface area (Å²) in [7, 11) is 0. The summed E-state index contributed by atoms with van der Waals surface area (Å²) in [5.41, 5.74) is 4.86. The Hall–Kier alpha value is -1.87. The van der Waals surface area contributed by atoms with Gasteiger partial charge >= 0.3 is 0 Å². The average molecular weight is 327 g/mol. The van der Waals surface area contributed by atoms with E-state index in [2.05, 4.69) is 74.7 Å². The molecule has 2 nitrogen and oxygen atoms in total. The van der Waals surface area contributed by atoms with E-state index in [0.29, 0.717) is 11.0 Å². The molecule has 1 atom stereocenters. The Kier molecular flexibility index (Phi) is 6.17. The molecule has 0 radical (unpaired) electrons. The standard InChI is InChI=1S/C20H26N2S/c1-14(2)12-17-8-10-18(11-9-17)16(4)21-20(23)22-19-7-5-6-15(3)13-19/h5-11,13-14,16H,12H2,1-4H3,(H2,21,22,23)/t16-/m1/s1. The average Bonchev–Trinajstić information content (AvgIpc) is 2.47. The van der Waals surface area contributed by atoms with Crippen molar-refractivity contribution in [3.05, 3.63) is 65.2 Å². The second kappa shape index (κ2) is 8.11. The van der Waals surface area contributed by atoms with Crippen molar-refractivity contribution in [1.82, 2.24) is 5.32 Å². The van der Waals surface area contributed by atoms with E-state index in [0.717, 1.165) is 12.1 Å². The fourth-order valence-electron chi connectivity index (χ4n) is 2.58. The minimum atomic E-state index is 0.174. The highest BCUT2D eigenvalue weighted by Gasteiger charge is 2.08. The maximum absolute atomic E-state index is 5.42. The van der Waals surface area contributed by atoms with Gasteiger partial charge in [-0.1, -0.05) is 50.2 Å². The summed E-state index contributed by atoms with van der Waals surface area (Å²) >= 11 is 5.42. The van der Waals surface area contributed by atoms with Crippen molar-refractivity contribution in [2.45, 2.75) is 40.2 Å². The van der Waals surface area contributed by atoms with E-state index >= 15 is 0 Å². The Morgan fingerprint density at radius 1 is 1.04 bits per heavy atom. The highest BCUT2D eigenvalue weighted by atomic mass is 32.1. The highest BCUT2D eigenvalue weighted by molar-refractivity contribution is 7.80. The first kappa shape index (κ1) is 17.5. The lowest BCUT2D eigenvalue weighted by molar-refractivity contribution is 0.646. The minimum absolute atomic E-state index is 0.174. The van der Waals surface area contributed by atoms with E-state index in [1.807, 2.05) is 12.1 Å². The molecule has 2 N–H and O–H groups in total. The van der Waals surface area contributed by atoms with Crippen molar-refractivity contribution in [3.63, 3.8) is 0 Å². The van der Waals surface area contributed by atoms with Crippen LogP contribution in [0, 0.1) is 12.8 Å². The molecule has 0 aromatic heterocycles. The maximum Gasteiger partial charge on any atom is 0.171 e. The van der Waals surface area contributed by atoms with Gasteiger partial charge in [-0.3, -0.25) is 0 Å². The Bertz CT molecular complexity index is 647. The number of benzene rings is 2. The van der Waals surface area contributed by atoms with Gasteiger partial charge in [-0.25, -0.2) is 0 Å². The van der Waals surface area contributed by atoms with Crippen molar-refractivity contribution >= 4 is 23.0 Å². The number of rotatable bonds is 5. The monoisotopic (exact) mass is 326 g/mol. The molecule has 2 aromatic carbocycles. The van der Waals surface area contributed by atoms with E-state index < -0.39 is 0 Å². The molecule has 0 fully saturated rings. The van der Waals surface area contributed by atoms with Crippen molar-refractivity contribution < 1.29 is 0 Å². The van der Waals surface area contributed by atoms with Crippen LogP contribution in [0.3, 0.4) is 0 Å². The summed E-state index contributed by atoms with van der Waals surface area (Å²) in [6.45, 7) is 8.69. The van der Waals surface area contributed by atoms with Crippen LogP contribution in [0.2, 0.25) is 0 Å². The van der Waals surface area contributed by atoms with Gasteiger partial charge in [-0.15, -0.1) is 0 Å². The van der Waals surface area contributed by atoms with Gasteiger partial charge < -0.3 is 10.6 Å². The van der Waals surface area contributed by atoms with Crippen molar-refractivity contribution in [1.29, 1.82) is 0 Å². The lowest BCUT2D eigenvalue weighted by Crippen LogP contribution is -2.30. The van der Waals surface area contributed by atoms with Crippen molar-refractivity contribution in [2.75, 3.05) is 5.32 Å². The summed E-state index contributed by atoms with van der Waals surface area (Å²) in [5, 5.41) is 7.23. The van der Waals surface area contributed by atoms with Gasteiger partial charge in [0.05, 0.1) is 6.04 Å². The number of nitrogens with one attached hydrogen (secondary N) is 2. The van der Waals surface area contributed by atoms with Gasteiger partial charge in [-0.2, -0.15) is 0 Å². The molecule has 0 amide bonds. The number of hydrogen-bond donors (Lipinski definition) is 2. The second-order valence-electron chi connectivity index (χ2n) is 6.53. The van der Waals surface area contributed by atoms with Crippen LogP contribution in [-0.4, -0.2) is 5.11 Å². The molecule has 0 heterocycles. The van der Waals surface area contributed by atoms with E-state index in [-0.39, 0.29) is 6.04 Å². The third-order valence-corrected chi connectivity index (χ3v) is 3.97. The zero-order chi connectivity index (χ0) is 16.8. The zero-order valence-corrected chi connectivity index (χ0v) is 15.2. The molecule has 0 saturated carbocycles. The molecule has 0 aliphatic rings. The van der Waals surface area contributed by atoms with Crippen molar-refractivity contribution in [2.24, 2.45) is 5.92 Å². The fraction of sp³-hybridized carbons (Fsp3) is 0.350. The first-order chi connectivity index (χ1) is 10.9. The van der Waals surface area contributed by atoms with E-state index in [9.17, 15) is 0 Å². The molecule has 2 rings (SSSR count). The Labute approximate surface area is 145 Å². The Balaban J connectivity index is 1.92. The summed E-state index contributed by atoms with van der Waals surface area (Å²) in [5.74, 6) is 0.683. The van der Waals surface area contributed by atoms with Crippen LogP contribution in [0.5, 0.6) is 0 Å². The second-order valence-corrected chi connectivity index (χ2v) is 6.94. The molecule has 0 spiro atoms. The molecule has 0 aliphatic carbocycles. The van der Waals surface area contributed by atoms with E-state index in [1.54, 1.807) is 0 Å². The van der Waals surface area contributed by atoms with Crippen LogP contribution in [0.25, 0.3) is 0 Å². The Morgan fingerprint density at radius 3 is 2.35 bits per heavy atom. The number of thiocarbonyl (C=S) groups is 1. The lowest BCUT2D eigenvalue weighted by atomic mass is 10.00. The topological polar surface area (TPSA) is 24.1 Å². The van der Waals surface area contributed by atoms with Crippen LogP contribution in [0.15, 0.2) is 48.5 Å². The van der Waals surface area contributed by atoms with Crippen LogP contribution >= 0.6 is 12.2 Å². The number of anilines is 1. The normalized spacial score (nSPS) is 12.0. The molecule has 122 valence electrons. The molecule has 0 aliphatic heterocycles. The molecule has 0 unspecified atom stereocenters. The van der Waals surface area contributed by atoms with E-state index in [4.69, 9.17) is 12.2 Å². The number of aryl methyl sites for hydroxylation is 1. The maximum atomic E-state index is 5.42. The summed E-state index contributed by atoms with van der Waals surface area (Å²) in [6, 6.07) is 17.2. The van der Waals surface area contributed by atoms with Gasteiger partial charge in [-0.05, 0) is 67.2 Å². The summed E-state index contributed by atoms with van der Waals surface area (Å²) < 4.78 is 0. The Morgan fingerprint density at radius 2 is 1.74 bits per heavy atom. The van der Waals surface area contributed by atoms with Crippen LogP contribution < -0.4 is 10.6 Å². The predicted molar refractivity (Wildman–Crippen MR) is 104 cm³/mol. The number of hydrogen-bond acceptors (Lipinski definition) is 1. The van der Waals surface area contributed by atoms with Gasteiger partial charge in [0.15, 0.2) is 5.11 Å². The first-order valence-electron chi connectivity index (χ1n) is 8.17. The van der Waals surface area contributed by atoms with Gasteiger partial charge in [0, 0.05) is 5.69 Å². The minimum Gasteiger partial charge on any atom is -0.356 e. The van der Waals surface area contributed by atoms with E-state index in [1.165, 1.54) is 16.7 Å². The molecule has 0 saturated heterocycles. The van der Waals surface area contributed by atoms with Crippen molar-refractivity contribution in [3.8, 4) is 0 Å². The van der Waals surface area contributed by atoms with Crippen LogP contribution in [-0.2, 0) is 6.42 Å². The smallest absolute Gasteiger partial charge is 0.171 e. The van der Waals surface area contributed by atoms with Gasteiger partial charge in [0.25, 0.3) is 0 Å². The summed E-state index contributed by atoms with van der Waals surface area (Å²) in [4.78, 5) is 0. The highest BCUT2D eigenvalue weighted by Crippen LogP contribution is 2.16. The molecule has 2 aromatic rings. The molecule has 3 heteroatoms. The van der Waals surface area contributed by atoms with Crippen LogP contribution in [0.1, 0.15) is 43.5 Å². The SMILES string of the molecule is Cc1cccc(NC(=S)N[C@H](C)c2ccc(CC(C)C)cc2)c1.